The Morgan fingerprint density at radius 2 is 2.45 bits per heavy atom. The molecule has 106 valence electrons. The van der Waals surface area contributed by atoms with Crippen molar-refractivity contribution in [2.24, 2.45) is 0 Å². The van der Waals surface area contributed by atoms with Crippen LogP contribution in [0.3, 0.4) is 0 Å². The maximum absolute atomic E-state index is 10.4. The number of nitrogens with zero attached hydrogens (tertiary/aromatic N) is 2. The first-order chi connectivity index (χ1) is 9.72. The van der Waals surface area contributed by atoms with Crippen molar-refractivity contribution >= 4 is 11.8 Å². The number of hydrogen-bond donors (Lipinski definition) is 2. The minimum Gasteiger partial charge on any atom is -0.365 e. The summed E-state index contributed by atoms with van der Waals surface area (Å²) in [5.41, 5.74) is 1.02. The number of rotatable bonds is 8. The maximum Gasteiger partial charge on any atom is 0.275 e. The van der Waals surface area contributed by atoms with E-state index in [1.165, 1.54) is 0 Å². The van der Waals surface area contributed by atoms with E-state index in [4.69, 9.17) is 0 Å². The second kappa shape index (κ2) is 9.69. The molecule has 20 heavy (non-hydrogen) atoms. The van der Waals surface area contributed by atoms with E-state index in [0.29, 0.717) is 12.4 Å². The molecule has 0 spiro atoms. The van der Waals surface area contributed by atoms with Crippen LogP contribution < -0.4 is 10.6 Å². The van der Waals surface area contributed by atoms with Gasteiger partial charge in [0.1, 0.15) is 0 Å². The summed E-state index contributed by atoms with van der Waals surface area (Å²) in [5, 5.41) is 16.0. The molecule has 1 aromatic heterocycles. The summed E-state index contributed by atoms with van der Waals surface area (Å²) >= 11 is 1.71. The zero-order chi connectivity index (χ0) is 14.6. The number of thioether (sulfide) groups is 1. The molecule has 0 aromatic carbocycles. The highest BCUT2D eigenvalue weighted by atomic mass is 32.2. The lowest BCUT2D eigenvalue weighted by atomic mass is 10.4. The van der Waals surface area contributed by atoms with Crippen molar-refractivity contribution in [3.63, 3.8) is 0 Å². The molecule has 0 unspecified atom stereocenters. The van der Waals surface area contributed by atoms with Gasteiger partial charge in [0.05, 0.1) is 10.6 Å². The van der Waals surface area contributed by atoms with Crippen LogP contribution in [0.4, 0.5) is 0 Å². The molecule has 0 aliphatic heterocycles. The van der Waals surface area contributed by atoms with Crippen LogP contribution in [0.25, 0.3) is 0 Å². The van der Waals surface area contributed by atoms with Crippen LogP contribution in [0.2, 0.25) is 0 Å². The van der Waals surface area contributed by atoms with Gasteiger partial charge in [-0.25, -0.2) is 0 Å². The second-order valence-electron chi connectivity index (χ2n) is 3.63. The molecular formula is C13H16N4O2S. The van der Waals surface area contributed by atoms with Crippen LogP contribution in [0.5, 0.6) is 0 Å². The third kappa shape index (κ3) is 7.28. The summed E-state index contributed by atoms with van der Waals surface area (Å²) in [4.78, 5) is 14.1. The van der Waals surface area contributed by atoms with Crippen LogP contribution in [0.15, 0.2) is 36.4 Å². The Morgan fingerprint density at radius 1 is 1.60 bits per heavy atom. The number of nitrogens with one attached hydrogen (secondary N) is 2. The van der Waals surface area contributed by atoms with E-state index < -0.39 is 4.92 Å². The molecule has 0 bridgehead atoms. The Morgan fingerprint density at radius 3 is 3.10 bits per heavy atom. The highest BCUT2D eigenvalue weighted by molar-refractivity contribution is 7.98. The third-order valence-corrected chi connectivity index (χ3v) is 3.09. The standard InChI is InChI=1S/C13H16N4O2S/c1-2-6-15-13(10-17(18)19)16-8-9-20-11-12-5-3-4-7-14-12/h3-5,7,10,15-16H,8-9,11H2,1H3. The summed E-state index contributed by atoms with van der Waals surface area (Å²) in [6.07, 6.45) is 2.63. The van der Waals surface area contributed by atoms with Crippen molar-refractivity contribution in [3.8, 4) is 12.0 Å². The summed E-state index contributed by atoms with van der Waals surface area (Å²) < 4.78 is 0. The van der Waals surface area contributed by atoms with E-state index in [1.807, 2.05) is 18.2 Å². The van der Waals surface area contributed by atoms with Crippen LogP contribution >= 0.6 is 11.8 Å². The summed E-state index contributed by atoms with van der Waals surface area (Å²) in [6, 6.07) is 8.37. The normalized spacial score (nSPS) is 10.3. The highest BCUT2D eigenvalue weighted by Gasteiger charge is 2.00. The molecule has 0 aliphatic carbocycles. The molecule has 0 aliphatic rings. The van der Waals surface area contributed by atoms with Crippen LogP contribution in [-0.2, 0) is 5.75 Å². The molecule has 0 atom stereocenters. The number of pyridine rings is 1. The SMILES string of the molecule is CC#CNC(=C[N+](=O)[O-])NCCSCc1ccccn1. The van der Waals surface area contributed by atoms with Crippen LogP contribution in [0.1, 0.15) is 12.6 Å². The van der Waals surface area contributed by atoms with Gasteiger partial charge in [-0.1, -0.05) is 12.0 Å². The average molecular weight is 292 g/mol. The summed E-state index contributed by atoms with van der Waals surface area (Å²) in [5.74, 6) is 4.54. The number of hydrogen-bond acceptors (Lipinski definition) is 6. The fourth-order valence-electron chi connectivity index (χ4n) is 1.28. The van der Waals surface area contributed by atoms with E-state index in [1.54, 1.807) is 24.9 Å². The van der Waals surface area contributed by atoms with E-state index >= 15 is 0 Å². The van der Waals surface area contributed by atoms with Crippen molar-refractivity contribution in [2.75, 3.05) is 12.3 Å². The second-order valence-corrected chi connectivity index (χ2v) is 4.73. The molecule has 0 amide bonds. The molecule has 0 saturated heterocycles. The van der Waals surface area contributed by atoms with Gasteiger partial charge in [0.15, 0.2) is 5.82 Å². The van der Waals surface area contributed by atoms with E-state index in [2.05, 4.69) is 27.6 Å². The first-order valence-electron chi connectivity index (χ1n) is 5.97. The van der Waals surface area contributed by atoms with Crippen molar-refractivity contribution < 1.29 is 4.92 Å². The lowest BCUT2D eigenvalue weighted by Crippen LogP contribution is -2.26. The monoisotopic (exact) mass is 292 g/mol. The molecule has 6 nitrogen and oxygen atoms in total. The Kier molecular flexibility index (Phi) is 7.69. The maximum atomic E-state index is 10.4. The predicted molar refractivity (Wildman–Crippen MR) is 80.1 cm³/mol. The van der Waals surface area contributed by atoms with E-state index in [0.717, 1.165) is 23.4 Å². The fourth-order valence-corrected chi connectivity index (χ4v) is 2.05. The largest absolute Gasteiger partial charge is 0.365 e. The highest BCUT2D eigenvalue weighted by Crippen LogP contribution is 2.08. The lowest BCUT2D eigenvalue weighted by Gasteiger charge is -2.06. The molecule has 1 heterocycles. The molecule has 2 N–H and O–H groups in total. The van der Waals surface area contributed by atoms with Crippen molar-refractivity contribution in [3.05, 3.63) is 52.2 Å². The van der Waals surface area contributed by atoms with E-state index in [-0.39, 0.29) is 0 Å². The summed E-state index contributed by atoms with van der Waals surface area (Å²) in [6.45, 7) is 2.26. The van der Waals surface area contributed by atoms with Gasteiger partial charge in [-0.2, -0.15) is 11.8 Å². The number of aromatic nitrogens is 1. The molecule has 0 radical (unpaired) electrons. The lowest BCUT2D eigenvalue weighted by molar-refractivity contribution is -0.404. The van der Waals surface area contributed by atoms with Gasteiger partial charge < -0.3 is 5.32 Å². The predicted octanol–water partition coefficient (Wildman–Crippen LogP) is 1.55. The third-order valence-electron chi connectivity index (χ3n) is 2.09. The van der Waals surface area contributed by atoms with Crippen molar-refractivity contribution in [1.29, 1.82) is 0 Å². The minimum atomic E-state index is -0.520. The Hall–Kier alpha value is -2.20. The smallest absolute Gasteiger partial charge is 0.275 e. The van der Waals surface area contributed by atoms with Crippen LogP contribution in [0, 0.1) is 22.1 Å². The van der Waals surface area contributed by atoms with Crippen molar-refractivity contribution in [2.45, 2.75) is 12.7 Å². The molecular weight excluding hydrogens is 276 g/mol. The quantitative estimate of drug-likeness (QED) is 0.249. The van der Waals surface area contributed by atoms with Crippen LogP contribution in [-0.4, -0.2) is 22.2 Å². The fraction of sp³-hybridized carbons (Fsp3) is 0.308. The first kappa shape index (κ1) is 15.9. The average Bonchev–Trinajstić information content (AvgIpc) is 2.44. The Labute approximate surface area is 122 Å². The number of nitro groups is 1. The van der Waals surface area contributed by atoms with Gasteiger partial charge in [-0.15, -0.1) is 0 Å². The molecule has 0 fully saturated rings. The van der Waals surface area contributed by atoms with Gasteiger partial charge in [0.25, 0.3) is 6.20 Å². The van der Waals surface area contributed by atoms with Crippen molar-refractivity contribution in [1.82, 2.24) is 15.6 Å². The van der Waals surface area contributed by atoms with Gasteiger partial charge in [-0.05, 0) is 19.1 Å². The van der Waals surface area contributed by atoms with E-state index in [9.17, 15) is 10.1 Å². The Balaban J connectivity index is 2.26. The zero-order valence-corrected chi connectivity index (χ0v) is 11.9. The Bertz CT molecular complexity index is 508. The molecule has 1 aromatic rings. The van der Waals surface area contributed by atoms with Gasteiger partial charge >= 0.3 is 0 Å². The van der Waals surface area contributed by atoms with Gasteiger partial charge in [0.2, 0.25) is 0 Å². The van der Waals surface area contributed by atoms with Gasteiger partial charge in [-0.3, -0.25) is 20.4 Å². The summed E-state index contributed by atoms with van der Waals surface area (Å²) in [7, 11) is 0. The zero-order valence-electron chi connectivity index (χ0n) is 11.1. The minimum absolute atomic E-state index is 0.294. The first-order valence-corrected chi connectivity index (χ1v) is 7.12. The molecule has 1 rings (SSSR count). The topological polar surface area (TPSA) is 80.1 Å². The van der Waals surface area contributed by atoms with Gasteiger partial charge in [0, 0.05) is 30.3 Å². The molecule has 0 saturated carbocycles. The molecule has 7 heteroatoms.